The number of carbonyl (C=O) groups excluding carboxylic acids is 1. The van der Waals surface area contributed by atoms with Gasteiger partial charge < -0.3 is 20.6 Å². The molecule has 1 aliphatic heterocycles. The molecule has 1 saturated heterocycles. The lowest BCUT2D eigenvalue weighted by molar-refractivity contribution is -0.128. The van der Waals surface area contributed by atoms with Crippen molar-refractivity contribution in [1.82, 2.24) is 15.5 Å². The Morgan fingerprint density at radius 3 is 2.41 bits per heavy atom. The van der Waals surface area contributed by atoms with Crippen LogP contribution >= 0.6 is 0 Å². The van der Waals surface area contributed by atoms with E-state index in [4.69, 9.17) is 4.99 Å². The van der Waals surface area contributed by atoms with Crippen LogP contribution in [0.5, 0.6) is 0 Å². The van der Waals surface area contributed by atoms with Crippen molar-refractivity contribution in [2.45, 2.75) is 78.0 Å². The molecule has 0 spiro atoms. The molecule has 6 nitrogen and oxygen atoms in total. The van der Waals surface area contributed by atoms with Crippen molar-refractivity contribution in [3.8, 4) is 0 Å². The highest BCUT2D eigenvalue weighted by Gasteiger charge is 2.25. The molecule has 0 aromatic heterocycles. The average molecular weight is 403 g/mol. The lowest BCUT2D eigenvalue weighted by Crippen LogP contribution is -2.47. The summed E-state index contributed by atoms with van der Waals surface area (Å²) in [5.74, 6) is 0.953. The number of amides is 1. The Morgan fingerprint density at radius 2 is 1.83 bits per heavy atom. The summed E-state index contributed by atoms with van der Waals surface area (Å²) in [6, 6.07) is 8.19. The zero-order valence-corrected chi connectivity index (χ0v) is 18.3. The number of benzene rings is 1. The Kier molecular flexibility index (Phi) is 9.45. The normalized spacial score (nSPS) is 15.1. The second-order valence-electron chi connectivity index (χ2n) is 7.96. The summed E-state index contributed by atoms with van der Waals surface area (Å²) >= 11 is 0. The standard InChI is InChI=1S/C23H38N4O2/c1-4-13-23(29,14-5-2)18-26-22(24-6-3)25-16-19-10-7-8-11-20(19)17-27-15-9-12-21(27)28/h7-8,10-11,29H,4-6,9,12-18H2,1-3H3,(H2,24,25,26). The first-order valence-corrected chi connectivity index (χ1v) is 11.1. The molecule has 0 saturated carbocycles. The van der Waals surface area contributed by atoms with Gasteiger partial charge in [-0.1, -0.05) is 51.0 Å². The van der Waals surface area contributed by atoms with E-state index in [-0.39, 0.29) is 5.91 Å². The number of rotatable bonds is 11. The van der Waals surface area contributed by atoms with E-state index in [1.165, 1.54) is 0 Å². The second kappa shape index (κ2) is 11.8. The van der Waals surface area contributed by atoms with Gasteiger partial charge in [0.25, 0.3) is 0 Å². The summed E-state index contributed by atoms with van der Waals surface area (Å²) in [4.78, 5) is 18.7. The molecule has 6 heteroatoms. The molecule has 1 aromatic rings. The molecule has 1 amide bonds. The Balaban J connectivity index is 2.05. The minimum atomic E-state index is -0.701. The third kappa shape index (κ3) is 7.35. The second-order valence-corrected chi connectivity index (χ2v) is 7.96. The molecule has 3 N–H and O–H groups in total. The van der Waals surface area contributed by atoms with Gasteiger partial charge in [-0.05, 0) is 37.3 Å². The van der Waals surface area contributed by atoms with Crippen molar-refractivity contribution in [2.75, 3.05) is 19.6 Å². The molecule has 29 heavy (non-hydrogen) atoms. The molecule has 0 atom stereocenters. The Hall–Kier alpha value is -2.08. The predicted molar refractivity (Wildman–Crippen MR) is 119 cm³/mol. The van der Waals surface area contributed by atoms with E-state index >= 15 is 0 Å². The molecule has 1 aliphatic rings. The van der Waals surface area contributed by atoms with E-state index in [9.17, 15) is 9.90 Å². The summed E-state index contributed by atoms with van der Waals surface area (Å²) in [7, 11) is 0. The summed E-state index contributed by atoms with van der Waals surface area (Å²) < 4.78 is 0. The molecule has 2 rings (SSSR count). The van der Waals surface area contributed by atoms with Crippen molar-refractivity contribution >= 4 is 11.9 Å². The van der Waals surface area contributed by atoms with Crippen LogP contribution in [0.3, 0.4) is 0 Å². The number of hydrogen-bond acceptors (Lipinski definition) is 3. The molecule has 0 bridgehead atoms. The van der Waals surface area contributed by atoms with E-state index in [1.807, 2.05) is 24.0 Å². The number of guanidine groups is 1. The van der Waals surface area contributed by atoms with Crippen molar-refractivity contribution in [1.29, 1.82) is 0 Å². The van der Waals surface area contributed by atoms with E-state index in [2.05, 4.69) is 36.6 Å². The van der Waals surface area contributed by atoms with Crippen LogP contribution in [0.25, 0.3) is 0 Å². The highest BCUT2D eigenvalue weighted by atomic mass is 16.3. The highest BCUT2D eigenvalue weighted by molar-refractivity contribution is 5.80. The number of aliphatic imine (C=N–C) groups is 1. The first-order chi connectivity index (χ1) is 14.0. The number of nitrogens with zero attached hydrogens (tertiary/aromatic N) is 2. The minimum absolute atomic E-state index is 0.240. The molecule has 0 aliphatic carbocycles. The number of carbonyl (C=O) groups is 1. The summed E-state index contributed by atoms with van der Waals surface area (Å²) in [6.45, 7) is 9.52. The Bertz CT molecular complexity index is 669. The van der Waals surface area contributed by atoms with Gasteiger partial charge in [-0.25, -0.2) is 4.99 Å². The van der Waals surface area contributed by atoms with Crippen molar-refractivity contribution in [3.05, 3.63) is 35.4 Å². The van der Waals surface area contributed by atoms with Gasteiger partial charge >= 0.3 is 0 Å². The molecule has 0 radical (unpaired) electrons. The van der Waals surface area contributed by atoms with Gasteiger partial charge in [0, 0.05) is 32.6 Å². The van der Waals surface area contributed by atoms with Crippen molar-refractivity contribution < 1.29 is 9.90 Å². The van der Waals surface area contributed by atoms with Gasteiger partial charge in [0.05, 0.1) is 12.1 Å². The monoisotopic (exact) mass is 402 g/mol. The zero-order valence-electron chi connectivity index (χ0n) is 18.3. The summed E-state index contributed by atoms with van der Waals surface area (Å²) in [5.41, 5.74) is 1.57. The first-order valence-electron chi connectivity index (χ1n) is 11.1. The lowest BCUT2D eigenvalue weighted by Gasteiger charge is -2.28. The zero-order chi connectivity index (χ0) is 21.1. The minimum Gasteiger partial charge on any atom is -0.388 e. The van der Waals surface area contributed by atoms with Gasteiger partial charge in [-0.15, -0.1) is 0 Å². The topological polar surface area (TPSA) is 77.0 Å². The smallest absolute Gasteiger partial charge is 0.222 e. The van der Waals surface area contributed by atoms with Gasteiger partial charge in [-0.3, -0.25) is 4.79 Å². The molecule has 1 aromatic carbocycles. The predicted octanol–water partition coefficient (Wildman–Crippen LogP) is 3.20. The fourth-order valence-corrected chi connectivity index (χ4v) is 3.93. The Morgan fingerprint density at radius 1 is 1.14 bits per heavy atom. The maximum absolute atomic E-state index is 12.0. The maximum atomic E-state index is 12.0. The summed E-state index contributed by atoms with van der Waals surface area (Å²) in [6.07, 6.45) is 5.07. The highest BCUT2D eigenvalue weighted by Crippen LogP contribution is 2.19. The van der Waals surface area contributed by atoms with Crippen LogP contribution in [0.4, 0.5) is 0 Å². The van der Waals surface area contributed by atoms with Crippen LogP contribution < -0.4 is 10.6 Å². The van der Waals surface area contributed by atoms with Crippen LogP contribution in [0, 0.1) is 0 Å². The number of aliphatic hydroxyl groups is 1. The molecular weight excluding hydrogens is 364 g/mol. The number of nitrogens with one attached hydrogen (secondary N) is 2. The molecule has 0 unspecified atom stereocenters. The van der Waals surface area contributed by atoms with Crippen LogP contribution in [-0.2, 0) is 17.9 Å². The first kappa shape index (κ1) is 23.2. The van der Waals surface area contributed by atoms with Gasteiger partial charge in [-0.2, -0.15) is 0 Å². The van der Waals surface area contributed by atoms with Crippen LogP contribution in [-0.4, -0.2) is 47.1 Å². The number of hydrogen-bond donors (Lipinski definition) is 3. The maximum Gasteiger partial charge on any atom is 0.222 e. The van der Waals surface area contributed by atoms with Crippen LogP contribution in [0.15, 0.2) is 29.3 Å². The largest absolute Gasteiger partial charge is 0.388 e. The van der Waals surface area contributed by atoms with Crippen molar-refractivity contribution in [3.63, 3.8) is 0 Å². The lowest BCUT2D eigenvalue weighted by atomic mass is 9.93. The van der Waals surface area contributed by atoms with E-state index in [0.717, 1.165) is 56.3 Å². The van der Waals surface area contributed by atoms with Gasteiger partial charge in [0.1, 0.15) is 0 Å². The quantitative estimate of drug-likeness (QED) is 0.392. The van der Waals surface area contributed by atoms with Crippen LogP contribution in [0.1, 0.15) is 70.4 Å². The van der Waals surface area contributed by atoms with Gasteiger partial charge in [0.15, 0.2) is 5.96 Å². The van der Waals surface area contributed by atoms with E-state index in [0.29, 0.717) is 32.0 Å². The SMILES string of the molecule is CCCC(O)(CCC)CNC(=NCc1ccccc1CN1CCCC1=O)NCC. The third-order valence-corrected chi connectivity index (χ3v) is 5.42. The molecule has 1 heterocycles. The fourth-order valence-electron chi connectivity index (χ4n) is 3.93. The van der Waals surface area contributed by atoms with E-state index in [1.54, 1.807) is 0 Å². The summed E-state index contributed by atoms with van der Waals surface area (Å²) in [5, 5.41) is 17.5. The fraction of sp³-hybridized carbons (Fsp3) is 0.652. The number of likely N-dealkylation sites (tertiary alicyclic amines) is 1. The molecular formula is C23H38N4O2. The van der Waals surface area contributed by atoms with Crippen LogP contribution in [0.2, 0.25) is 0 Å². The third-order valence-electron chi connectivity index (χ3n) is 5.42. The van der Waals surface area contributed by atoms with Crippen molar-refractivity contribution in [2.24, 2.45) is 4.99 Å². The average Bonchev–Trinajstić information content (AvgIpc) is 3.10. The van der Waals surface area contributed by atoms with E-state index < -0.39 is 5.60 Å². The Labute approximate surface area is 175 Å². The molecule has 1 fully saturated rings. The van der Waals surface area contributed by atoms with Gasteiger partial charge in [0.2, 0.25) is 5.91 Å². The molecule has 162 valence electrons.